The Morgan fingerprint density at radius 3 is 0.924 bits per heavy atom. The number of hydrogen-bond acceptors (Lipinski definition) is 4. The normalized spacial score (nSPS) is 13.5. The summed E-state index contributed by atoms with van der Waals surface area (Å²) in [6.45, 7) is 4.17. The molecule has 0 aromatic heterocycles. The van der Waals surface area contributed by atoms with Gasteiger partial charge in [0, 0.05) is 0 Å². The van der Waals surface area contributed by atoms with E-state index in [1.807, 2.05) is 6.08 Å². The third kappa shape index (κ3) is 50.4. The van der Waals surface area contributed by atoms with E-state index >= 15 is 0 Å². The fraction of sp³-hybridized carbons (Fsp3) is 0.885. The van der Waals surface area contributed by atoms with Crippen molar-refractivity contribution in [2.24, 2.45) is 0 Å². The average molecular weight is 929 g/mol. The van der Waals surface area contributed by atoms with Crippen LogP contribution in [0.4, 0.5) is 0 Å². The predicted octanol–water partition coefficient (Wildman–Crippen LogP) is 18.6. The summed E-state index contributed by atoms with van der Waals surface area (Å²) in [5.74, 6) is -0.513. The minimum atomic E-state index is -1.11. The van der Waals surface area contributed by atoms with Gasteiger partial charge in [0.1, 0.15) is 6.10 Å². The van der Waals surface area contributed by atoms with Crippen LogP contribution in [0.15, 0.2) is 36.5 Å². The van der Waals surface area contributed by atoms with E-state index in [-0.39, 0.29) is 6.61 Å². The molecule has 0 aliphatic heterocycles. The summed E-state index contributed by atoms with van der Waals surface area (Å²) in [5.41, 5.74) is 0. The Morgan fingerprint density at radius 1 is 0.364 bits per heavy atom. The molecule has 0 saturated heterocycles. The molecule has 1 amide bonds. The molecule has 0 radical (unpaired) electrons. The molecule has 0 heterocycles. The minimum absolute atomic E-state index is 0.379. The van der Waals surface area contributed by atoms with Gasteiger partial charge in [-0.3, -0.25) is 4.79 Å². The van der Waals surface area contributed by atoms with Crippen LogP contribution in [0.2, 0.25) is 0 Å². The zero-order valence-electron chi connectivity index (χ0n) is 44.6. The molecule has 0 rings (SSSR count). The number of allylic oxidation sites excluding steroid dienone is 5. The van der Waals surface area contributed by atoms with Crippen LogP contribution < -0.4 is 5.32 Å². The van der Waals surface area contributed by atoms with Gasteiger partial charge in [-0.15, -0.1) is 0 Å². The Bertz CT molecular complexity index is 1020. The Hall–Kier alpha value is -1.43. The molecular formula is C61H117NO4. The van der Waals surface area contributed by atoms with Gasteiger partial charge >= 0.3 is 0 Å². The first-order valence-corrected chi connectivity index (χ1v) is 29.8. The van der Waals surface area contributed by atoms with E-state index in [0.717, 1.165) is 44.9 Å². The number of unbranched alkanes of at least 4 members (excludes halogenated alkanes) is 43. The van der Waals surface area contributed by atoms with E-state index in [1.165, 1.54) is 257 Å². The van der Waals surface area contributed by atoms with Crippen molar-refractivity contribution in [2.75, 3.05) is 6.61 Å². The standard InChI is InChI=1S/C61H117NO4/c1-3-5-7-9-11-13-15-17-19-20-21-22-23-24-25-26-27-28-29-30-31-32-33-34-35-36-37-38-39-40-41-42-44-46-48-50-52-54-56-60(65)61(66)62-58(57-63)59(64)55-53-51-49-47-45-43-18-16-14-12-10-8-6-4-2/h14,16,45,47,53,55,58-60,63-65H,3-13,15,17-44,46,48-52,54,56-57H2,1-2H3,(H,62,66)/b16-14+,47-45+,55-53+. The van der Waals surface area contributed by atoms with Crippen LogP contribution in [0.1, 0.15) is 322 Å². The number of amides is 1. The van der Waals surface area contributed by atoms with Crippen molar-refractivity contribution in [1.29, 1.82) is 0 Å². The zero-order chi connectivity index (χ0) is 47.9. The molecule has 0 spiro atoms. The molecule has 0 saturated carbocycles. The average Bonchev–Trinajstić information content (AvgIpc) is 3.32. The molecule has 0 fully saturated rings. The molecule has 3 atom stereocenters. The predicted molar refractivity (Wildman–Crippen MR) is 291 cm³/mol. The molecular weight excluding hydrogens is 811 g/mol. The molecule has 0 aliphatic carbocycles. The zero-order valence-corrected chi connectivity index (χ0v) is 44.6. The van der Waals surface area contributed by atoms with Gasteiger partial charge < -0.3 is 20.6 Å². The molecule has 390 valence electrons. The molecule has 0 bridgehead atoms. The molecule has 4 N–H and O–H groups in total. The first kappa shape index (κ1) is 64.6. The van der Waals surface area contributed by atoms with Gasteiger partial charge in [0.05, 0.1) is 18.8 Å². The third-order valence-corrected chi connectivity index (χ3v) is 14.0. The Morgan fingerprint density at radius 2 is 0.621 bits per heavy atom. The van der Waals surface area contributed by atoms with Crippen molar-refractivity contribution in [3.63, 3.8) is 0 Å². The molecule has 0 aromatic carbocycles. The lowest BCUT2D eigenvalue weighted by Crippen LogP contribution is -2.48. The second kappa shape index (κ2) is 56.2. The number of hydrogen-bond donors (Lipinski definition) is 4. The quantitative estimate of drug-likeness (QED) is 0.0361. The van der Waals surface area contributed by atoms with E-state index in [9.17, 15) is 20.1 Å². The number of carbonyl (C=O) groups excluding carboxylic acids is 1. The second-order valence-electron chi connectivity index (χ2n) is 20.5. The number of rotatable bonds is 55. The Labute approximate surface area is 413 Å². The van der Waals surface area contributed by atoms with E-state index in [1.54, 1.807) is 6.08 Å². The van der Waals surface area contributed by atoms with Gasteiger partial charge in [0.15, 0.2) is 0 Å². The van der Waals surface area contributed by atoms with E-state index in [0.29, 0.717) is 6.42 Å². The van der Waals surface area contributed by atoms with Gasteiger partial charge in [-0.25, -0.2) is 0 Å². The van der Waals surface area contributed by atoms with Crippen LogP contribution in [0, 0.1) is 0 Å². The lowest BCUT2D eigenvalue weighted by molar-refractivity contribution is -0.131. The summed E-state index contributed by atoms with van der Waals surface area (Å²) in [4.78, 5) is 12.5. The Balaban J connectivity index is 3.44. The first-order valence-electron chi connectivity index (χ1n) is 29.8. The van der Waals surface area contributed by atoms with Crippen molar-refractivity contribution in [3.8, 4) is 0 Å². The summed E-state index contributed by atoms with van der Waals surface area (Å²) in [6, 6.07) is -0.819. The van der Waals surface area contributed by atoms with Crippen LogP contribution in [-0.2, 0) is 4.79 Å². The maximum Gasteiger partial charge on any atom is 0.249 e. The van der Waals surface area contributed by atoms with Crippen molar-refractivity contribution in [1.82, 2.24) is 5.32 Å². The molecule has 0 aliphatic rings. The largest absolute Gasteiger partial charge is 0.394 e. The number of aliphatic hydroxyl groups is 3. The summed E-state index contributed by atoms with van der Waals surface area (Å²) >= 11 is 0. The Kier molecular flexibility index (Phi) is 54.9. The molecule has 5 heteroatoms. The van der Waals surface area contributed by atoms with Crippen LogP contribution in [0.25, 0.3) is 0 Å². The molecule has 0 aromatic rings. The van der Waals surface area contributed by atoms with Gasteiger partial charge in [-0.1, -0.05) is 314 Å². The first-order chi connectivity index (χ1) is 32.6. The van der Waals surface area contributed by atoms with Crippen LogP contribution >= 0.6 is 0 Å². The SMILES string of the molecule is CCCCCC/C=C/CC/C=C/CC/C=C/C(O)C(CO)NC(=O)C(O)CCCCCCCCCCCCCCCCCCCCCCCCCCCCCCCCCCCCCCCC. The lowest BCUT2D eigenvalue weighted by atomic mass is 10.0. The van der Waals surface area contributed by atoms with Gasteiger partial charge in [-0.2, -0.15) is 0 Å². The van der Waals surface area contributed by atoms with Crippen molar-refractivity contribution >= 4 is 5.91 Å². The minimum Gasteiger partial charge on any atom is -0.394 e. The van der Waals surface area contributed by atoms with Gasteiger partial charge in [0.2, 0.25) is 5.91 Å². The fourth-order valence-corrected chi connectivity index (χ4v) is 9.34. The number of carbonyl (C=O) groups is 1. The summed E-state index contributed by atoms with van der Waals surface area (Å²) in [6.07, 6.45) is 74.1. The fourth-order valence-electron chi connectivity index (χ4n) is 9.34. The highest BCUT2D eigenvalue weighted by Gasteiger charge is 2.22. The van der Waals surface area contributed by atoms with Crippen LogP contribution in [0.5, 0.6) is 0 Å². The van der Waals surface area contributed by atoms with E-state index in [2.05, 4.69) is 43.5 Å². The highest BCUT2D eigenvalue weighted by atomic mass is 16.3. The maximum absolute atomic E-state index is 12.5. The molecule has 3 unspecified atom stereocenters. The molecule has 5 nitrogen and oxygen atoms in total. The second-order valence-corrected chi connectivity index (χ2v) is 20.5. The van der Waals surface area contributed by atoms with Crippen molar-refractivity contribution in [3.05, 3.63) is 36.5 Å². The monoisotopic (exact) mass is 928 g/mol. The lowest BCUT2D eigenvalue weighted by Gasteiger charge is -2.21. The third-order valence-electron chi connectivity index (χ3n) is 14.0. The van der Waals surface area contributed by atoms with E-state index in [4.69, 9.17) is 0 Å². The van der Waals surface area contributed by atoms with Crippen molar-refractivity contribution < 1.29 is 20.1 Å². The van der Waals surface area contributed by atoms with Crippen LogP contribution in [0.3, 0.4) is 0 Å². The number of nitrogens with one attached hydrogen (secondary N) is 1. The van der Waals surface area contributed by atoms with Crippen molar-refractivity contribution in [2.45, 2.75) is 340 Å². The van der Waals surface area contributed by atoms with Gasteiger partial charge in [-0.05, 0) is 44.9 Å². The maximum atomic E-state index is 12.5. The summed E-state index contributed by atoms with van der Waals surface area (Å²) < 4.78 is 0. The van der Waals surface area contributed by atoms with Gasteiger partial charge in [0.25, 0.3) is 0 Å². The summed E-state index contributed by atoms with van der Waals surface area (Å²) in [5, 5.41) is 33.2. The highest BCUT2D eigenvalue weighted by molar-refractivity contribution is 5.80. The molecule has 66 heavy (non-hydrogen) atoms. The highest BCUT2D eigenvalue weighted by Crippen LogP contribution is 2.18. The smallest absolute Gasteiger partial charge is 0.249 e. The van der Waals surface area contributed by atoms with E-state index < -0.39 is 24.2 Å². The summed E-state index contributed by atoms with van der Waals surface area (Å²) in [7, 11) is 0. The number of aliphatic hydroxyl groups excluding tert-OH is 3. The topological polar surface area (TPSA) is 89.8 Å². The van der Waals surface area contributed by atoms with Crippen LogP contribution in [-0.4, -0.2) is 46.1 Å².